The van der Waals surface area contributed by atoms with Crippen LogP contribution >= 0.6 is 0 Å². The van der Waals surface area contributed by atoms with Gasteiger partial charge in [-0.15, -0.1) is 0 Å². The number of benzene rings is 2. The minimum Gasteiger partial charge on any atom is -0.462 e. The Morgan fingerprint density at radius 3 is 2.74 bits per heavy atom. The molecule has 4 rings (SSSR count). The van der Waals surface area contributed by atoms with Crippen molar-refractivity contribution >= 4 is 22.4 Å². The second-order valence-electron chi connectivity index (χ2n) is 6.63. The topological polar surface area (TPSA) is 45.3 Å². The highest BCUT2D eigenvalue weighted by Crippen LogP contribution is 2.31. The highest BCUT2D eigenvalue weighted by molar-refractivity contribution is 6.17. The standard InChI is InChI=1S/C22H21FN2O2/c1-2-27-22(26)19-14-25(13-15-7-9-16(23)10-8-15)12-11-18-17-5-3-4-6-20(17)24-21(18)19/h3-10,14,24H,2,11-13H2,1H3. The van der Waals surface area contributed by atoms with Crippen LogP contribution < -0.4 is 0 Å². The first-order valence-corrected chi connectivity index (χ1v) is 9.13. The van der Waals surface area contributed by atoms with Crippen LogP contribution in [0.1, 0.15) is 23.7 Å². The Morgan fingerprint density at radius 2 is 1.96 bits per heavy atom. The van der Waals surface area contributed by atoms with E-state index in [0.717, 1.165) is 40.7 Å². The number of H-pyrrole nitrogens is 1. The largest absolute Gasteiger partial charge is 0.462 e. The molecule has 1 N–H and O–H groups in total. The first-order chi connectivity index (χ1) is 13.2. The minimum atomic E-state index is -0.337. The Morgan fingerprint density at radius 1 is 1.19 bits per heavy atom. The number of carbonyl (C=O) groups is 1. The molecule has 0 fully saturated rings. The van der Waals surface area contributed by atoms with Crippen LogP contribution in [-0.4, -0.2) is 29.0 Å². The fraction of sp³-hybridized carbons (Fsp3) is 0.227. The van der Waals surface area contributed by atoms with Crippen LogP contribution in [0.2, 0.25) is 0 Å². The van der Waals surface area contributed by atoms with E-state index in [0.29, 0.717) is 18.7 Å². The summed E-state index contributed by atoms with van der Waals surface area (Å²) in [5.74, 6) is -0.588. The van der Waals surface area contributed by atoms with E-state index in [1.54, 1.807) is 19.1 Å². The summed E-state index contributed by atoms with van der Waals surface area (Å²) in [5.41, 5.74) is 4.50. The van der Waals surface area contributed by atoms with Gasteiger partial charge in [-0.25, -0.2) is 9.18 Å². The lowest BCUT2D eigenvalue weighted by molar-refractivity contribution is -0.136. The van der Waals surface area contributed by atoms with Crippen molar-refractivity contribution in [2.75, 3.05) is 13.2 Å². The lowest BCUT2D eigenvalue weighted by Crippen LogP contribution is -2.20. The zero-order valence-corrected chi connectivity index (χ0v) is 15.2. The third kappa shape index (κ3) is 3.45. The Labute approximate surface area is 157 Å². The molecule has 138 valence electrons. The SMILES string of the molecule is CCOC(=O)C1=CN(Cc2ccc(F)cc2)CCc2c1[nH]c1ccccc21. The molecular weight excluding hydrogens is 343 g/mol. The van der Waals surface area contributed by atoms with Crippen LogP contribution in [0.25, 0.3) is 16.5 Å². The fourth-order valence-corrected chi connectivity index (χ4v) is 3.57. The van der Waals surface area contributed by atoms with Crippen molar-refractivity contribution < 1.29 is 13.9 Å². The zero-order valence-electron chi connectivity index (χ0n) is 15.2. The molecule has 5 heteroatoms. The maximum atomic E-state index is 13.2. The molecule has 0 bridgehead atoms. The summed E-state index contributed by atoms with van der Waals surface area (Å²) in [6.07, 6.45) is 2.67. The van der Waals surface area contributed by atoms with Crippen LogP contribution in [0, 0.1) is 5.82 Å². The van der Waals surface area contributed by atoms with E-state index in [1.807, 2.05) is 24.4 Å². The molecule has 2 heterocycles. The molecule has 0 amide bonds. The molecule has 0 saturated carbocycles. The Kier molecular flexibility index (Phi) is 4.67. The number of esters is 1. The van der Waals surface area contributed by atoms with E-state index in [2.05, 4.69) is 16.0 Å². The van der Waals surface area contributed by atoms with Gasteiger partial charge in [0.25, 0.3) is 0 Å². The van der Waals surface area contributed by atoms with Crippen molar-refractivity contribution in [1.29, 1.82) is 0 Å². The lowest BCUT2D eigenvalue weighted by Gasteiger charge is -2.20. The number of rotatable bonds is 4. The summed E-state index contributed by atoms with van der Waals surface area (Å²) in [5, 5.41) is 1.13. The number of aromatic amines is 1. The first-order valence-electron chi connectivity index (χ1n) is 9.13. The number of hydrogen-bond acceptors (Lipinski definition) is 3. The number of aromatic nitrogens is 1. The Bertz CT molecular complexity index is 1000. The number of para-hydroxylation sites is 1. The van der Waals surface area contributed by atoms with Crippen molar-refractivity contribution in [3.05, 3.63) is 77.4 Å². The monoisotopic (exact) mass is 364 g/mol. The van der Waals surface area contributed by atoms with Crippen molar-refractivity contribution in [2.45, 2.75) is 19.9 Å². The number of carbonyl (C=O) groups excluding carboxylic acids is 1. The second-order valence-corrected chi connectivity index (χ2v) is 6.63. The average Bonchev–Trinajstić information content (AvgIpc) is 2.94. The fourth-order valence-electron chi connectivity index (χ4n) is 3.57. The van der Waals surface area contributed by atoms with Gasteiger partial charge < -0.3 is 14.6 Å². The van der Waals surface area contributed by atoms with Gasteiger partial charge in [-0.3, -0.25) is 0 Å². The van der Waals surface area contributed by atoms with Gasteiger partial charge in [-0.05, 0) is 42.7 Å². The average molecular weight is 364 g/mol. The normalized spacial score (nSPS) is 13.9. The van der Waals surface area contributed by atoms with E-state index in [4.69, 9.17) is 4.74 Å². The van der Waals surface area contributed by atoms with E-state index in [9.17, 15) is 9.18 Å². The second kappa shape index (κ2) is 7.27. The number of nitrogens with one attached hydrogen (secondary N) is 1. The van der Waals surface area contributed by atoms with Crippen LogP contribution in [0.5, 0.6) is 0 Å². The predicted molar refractivity (Wildman–Crippen MR) is 103 cm³/mol. The molecule has 0 atom stereocenters. The molecule has 0 unspecified atom stereocenters. The van der Waals surface area contributed by atoms with Gasteiger partial charge in [0.2, 0.25) is 0 Å². The smallest absolute Gasteiger partial charge is 0.341 e. The van der Waals surface area contributed by atoms with E-state index in [1.165, 1.54) is 12.1 Å². The highest BCUT2D eigenvalue weighted by atomic mass is 19.1. The lowest BCUT2D eigenvalue weighted by atomic mass is 10.0. The van der Waals surface area contributed by atoms with Gasteiger partial charge in [0.05, 0.1) is 17.9 Å². The van der Waals surface area contributed by atoms with Gasteiger partial charge in [0.15, 0.2) is 0 Å². The summed E-state index contributed by atoms with van der Waals surface area (Å²) < 4.78 is 18.5. The van der Waals surface area contributed by atoms with Crippen molar-refractivity contribution in [3.63, 3.8) is 0 Å². The molecule has 1 aliphatic rings. The maximum Gasteiger partial charge on any atom is 0.341 e. The molecule has 4 nitrogen and oxygen atoms in total. The quantitative estimate of drug-likeness (QED) is 0.703. The summed E-state index contributed by atoms with van der Waals surface area (Å²) in [4.78, 5) is 18.1. The van der Waals surface area contributed by atoms with Crippen LogP contribution in [-0.2, 0) is 22.5 Å². The van der Waals surface area contributed by atoms with E-state index >= 15 is 0 Å². The molecule has 1 aliphatic heterocycles. The van der Waals surface area contributed by atoms with Gasteiger partial charge in [0, 0.05) is 30.2 Å². The molecule has 1 aromatic heterocycles. The minimum absolute atomic E-state index is 0.251. The maximum absolute atomic E-state index is 13.2. The summed E-state index contributed by atoms with van der Waals surface area (Å²) in [6.45, 7) is 3.49. The van der Waals surface area contributed by atoms with Crippen molar-refractivity contribution in [3.8, 4) is 0 Å². The number of nitrogens with zero attached hydrogens (tertiary/aromatic N) is 1. The van der Waals surface area contributed by atoms with Crippen molar-refractivity contribution in [2.24, 2.45) is 0 Å². The third-order valence-electron chi connectivity index (χ3n) is 4.84. The third-order valence-corrected chi connectivity index (χ3v) is 4.84. The number of fused-ring (bicyclic) bond motifs is 3. The van der Waals surface area contributed by atoms with Gasteiger partial charge >= 0.3 is 5.97 Å². The molecular formula is C22H21FN2O2. The van der Waals surface area contributed by atoms with Gasteiger partial charge in [0.1, 0.15) is 5.82 Å². The van der Waals surface area contributed by atoms with Crippen LogP contribution in [0.3, 0.4) is 0 Å². The zero-order chi connectivity index (χ0) is 18.8. The highest BCUT2D eigenvalue weighted by Gasteiger charge is 2.25. The van der Waals surface area contributed by atoms with Crippen molar-refractivity contribution in [1.82, 2.24) is 9.88 Å². The van der Waals surface area contributed by atoms with Gasteiger partial charge in [-0.1, -0.05) is 30.3 Å². The predicted octanol–water partition coefficient (Wildman–Crippen LogP) is 4.27. The van der Waals surface area contributed by atoms with Gasteiger partial charge in [-0.2, -0.15) is 0 Å². The number of halogens is 1. The molecule has 0 saturated heterocycles. The first kappa shape index (κ1) is 17.3. The molecule has 0 aliphatic carbocycles. The number of hydrogen-bond donors (Lipinski definition) is 1. The Hall–Kier alpha value is -3.08. The van der Waals surface area contributed by atoms with E-state index < -0.39 is 0 Å². The summed E-state index contributed by atoms with van der Waals surface area (Å²) >= 11 is 0. The summed E-state index contributed by atoms with van der Waals surface area (Å²) in [6, 6.07) is 14.5. The molecule has 27 heavy (non-hydrogen) atoms. The molecule has 0 radical (unpaired) electrons. The Balaban J connectivity index is 1.73. The van der Waals surface area contributed by atoms with E-state index in [-0.39, 0.29) is 11.8 Å². The molecule has 2 aromatic carbocycles. The summed E-state index contributed by atoms with van der Waals surface area (Å²) in [7, 11) is 0. The number of ether oxygens (including phenoxy) is 1. The molecule has 3 aromatic rings. The molecule has 0 spiro atoms. The van der Waals surface area contributed by atoms with Crippen LogP contribution in [0.15, 0.2) is 54.7 Å². The van der Waals surface area contributed by atoms with Crippen LogP contribution in [0.4, 0.5) is 4.39 Å².